The van der Waals surface area contributed by atoms with Crippen LogP contribution in [0.5, 0.6) is 0 Å². The van der Waals surface area contributed by atoms with Crippen molar-refractivity contribution in [1.29, 1.82) is 0 Å². The quantitative estimate of drug-likeness (QED) is 0.702. The van der Waals surface area contributed by atoms with E-state index in [0.29, 0.717) is 0 Å². The highest BCUT2D eigenvalue weighted by Crippen LogP contribution is 2.19. The first-order valence-electron chi connectivity index (χ1n) is 3.72. The molecule has 0 aromatic heterocycles. The number of hydrogen-bond acceptors (Lipinski definition) is 0. The molecule has 0 aliphatic heterocycles. The van der Waals surface area contributed by atoms with E-state index in [2.05, 4.69) is 48.0 Å². The van der Waals surface area contributed by atoms with Crippen LogP contribution in [-0.4, -0.2) is 0 Å². The lowest BCUT2D eigenvalue weighted by atomic mass is 10.0. The number of halogens is 1. The molecule has 1 aromatic rings. The predicted molar refractivity (Wildman–Crippen MR) is 52.4 cm³/mol. The van der Waals surface area contributed by atoms with Crippen LogP contribution in [0.25, 0.3) is 0 Å². The summed E-state index contributed by atoms with van der Waals surface area (Å²) in [6.07, 6.45) is 1.07. The van der Waals surface area contributed by atoms with Crippen LogP contribution in [0.15, 0.2) is 28.7 Å². The van der Waals surface area contributed by atoms with E-state index < -0.39 is 0 Å². The molecule has 59 valence electrons. The van der Waals surface area contributed by atoms with Crippen LogP contribution in [0.2, 0.25) is 0 Å². The highest BCUT2D eigenvalue weighted by molar-refractivity contribution is 9.10. The van der Waals surface area contributed by atoms with Gasteiger partial charge in [0.1, 0.15) is 0 Å². The average molecular weight is 212 g/mol. The summed E-state index contributed by atoms with van der Waals surface area (Å²) in [6.45, 7) is 4.30. The second-order valence-corrected chi connectivity index (χ2v) is 3.83. The molecule has 1 aromatic carbocycles. The molecule has 0 heterocycles. The van der Waals surface area contributed by atoms with Crippen LogP contribution >= 0.6 is 15.9 Å². The highest BCUT2D eigenvalue weighted by Gasteiger charge is 2.00. The van der Waals surface area contributed by atoms with E-state index in [1.54, 1.807) is 0 Å². The van der Waals surface area contributed by atoms with Gasteiger partial charge in [0.25, 0.3) is 0 Å². The second-order valence-electron chi connectivity index (χ2n) is 2.98. The maximum atomic E-state index is 3.51. The fourth-order valence-electron chi connectivity index (χ4n) is 1.02. The standard InChI is InChI=1S/C10H12Br/c1-8(2)7-9-5-3-4-6-10(9)11/h3-6H,7H2,1-2H3. The van der Waals surface area contributed by atoms with Crippen molar-refractivity contribution in [3.05, 3.63) is 40.2 Å². The van der Waals surface area contributed by atoms with Crippen LogP contribution in [-0.2, 0) is 6.42 Å². The number of rotatable bonds is 2. The van der Waals surface area contributed by atoms with Crippen LogP contribution in [0.1, 0.15) is 19.4 Å². The Morgan fingerprint density at radius 2 is 1.91 bits per heavy atom. The average Bonchev–Trinajstić information content (AvgIpc) is 1.93. The fourth-order valence-corrected chi connectivity index (χ4v) is 1.45. The lowest BCUT2D eigenvalue weighted by molar-refractivity contribution is 0.952. The summed E-state index contributed by atoms with van der Waals surface area (Å²) in [5.74, 6) is 1.44. The van der Waals surface area contributed by atoms with Crippen molar-refractivity contribution >= 4 is 15.9 Å². The minimum Gasteiger partial charge on any atom is -0.0619 e. The molecular weight excluding hydrogens is 200 g/mol. The van der Waals surface area contributed by atoms with Gasteiger partial charge < -0.3 is 0 Å². The molecule has 0 nitrogen and oxygen atoms in total. The first-order chi connectivity index (χ1) is 5.20. The Morgan fingerprint density at radius 1 is 1.27 bits per heavy atom. The summed E-state index contributed by atoms with van der Waals surface area (Å²) in [7, 11) is 0. The van der Waals surface area contributed by atoms with Crippen molar-refractivity contribution in [2.45, 2.75) is 20.3 Å². The van der Waals surface area contributed by atoms with E-state index in [0.717, 1.165) is 6.42 Å². The van der Waals surface area contributed by atoms with Gasteiger partial charge in [-0.15, -0.1) is 0 Å². The Labute approximate surface area is 76.8 Å². The summed E-state index contributed by atoms with van der Waals surface area (Å²) in [4.78, 5) is 0. The zero-order valence-electron chi connectivity index (χ0n) is 6.89. The molecule has 0 atom stereocenters. The number of benzene rings is 1. The zero-order chi connectivity index (χ0) is 8.27. The van der Waals surface area contributed by atoms with Gasteiger partial charge in [-0.05, 0) is 24.0 Å². The van der Waals surface area contributed by atoms with Crippen molar-refractivity contribution in [2.24, 2.45) is 0 Å². The van der Waals surface area contributed by atoms with Crippen LogP contribution in [0, 0.1) is 5.92 Å². The molecule has 0 bridgehead atoms. The molecule has 0 amide bonds. The normalized spacial score (nSPS) is 10.5. The Morgan fingerprint density at radius 3 is 2.45 bits per heavy atom. The van der Waals surface area contributed by atoms with Gasteiger partial charge in [-0.25, -0.2) is 0 Å². The molecule has 1 heteroatoms. The molecule has 0 saturated heterocycles. The van der Waals surface area contributed by atoms with Crippen LogP contribution in [0.3, 0.4) is 0 Å². The first kappa shape index (κ1) is 8.79. The van der Waals surface area contributed by atoms with E-state index in [1.165, 1.54) is 16.0 Å². The summed E-state index contributed by atoms with van der Waals surface area (Å²) >= 11 is 3.51. The maximum Gasteiger partial charge on any atom is 0.0207 e. The molecule has 0 aliphatic rings. The van der Waals surface area contributed by atoms with Crippen molar-refractivity contribution in [2.75, 3.05) is 0 Å². The molecule has 0 N–H and O–H groups in total. The minimum atomic E-state index is 1.07. The fraction of sp³-hybridized carbons (Fsp3) is 0.300. The SMILES string of the molecule is C[C](C)Cc1ccccc1Br. The molecule has 0 fully saturated rings. The highest BCUT2D eigenvalue weighted by atomic mass is 79.9. The van der Waals surface area contributed by atoms with E-state index in [9.17, 15) is 0 Å². The molecule has 0 aliphatic carbocycles. The van der Waals surface area contributed by atoms with Gasteiger partial charge in [0.2, 0.25) is 0 Å². The second kappa shape index (κ2) is 3.91. The largest absolute Gasteiger partial charge is 0.0619 e. The van der Waals surface area contributed by atoms with Crippen LogP contribution < -0.4 is 0 Å². The summed E-state index contributed by atoms with van der Waals surface area (Å²) in [6, 6.07) is 8.34. The van der Waals surface area contributed by atoms with Gasteiger partial charge >= 0.3 is 0 Å². The third kappa shape index (κ3) is 2.66. The molecular formula is C10H12Br. The summed E-state index contributed by atoms with van der Waals surface area (Å²) < 4.78 is 1.21. The maximum absolute atomic E-state index is 3.51. The smallest absolute Gasteiger partial charge is 0.0207 e. The van der Waals surface area contributed by atoms with Crippen molar-refractivity contribution < 1.29 is 0 Å². The third-order valence-corrected chi connectivity index (χ3v) is 2.28. The Hall–Kier alpha value is -0.300. The minimum absolute atomic E-state index is 1.07. The lowest BCUT2D eigenvalue weighted by Crippen LogP contribution is -1.92. The number of hydrogen-bond donors (Lipinski definition) is 0. The molecule has 1 radical (unpaired) electrons. The summed E-state index contributed by atoms with van der Waals surface area (Å²) in [5, 5.41) is 0. The molecule has 0 spiro atoms. The van der Waals surface area contributed by atoms with E-state index >= 15 is 0 Å². The van der Waals surface area contributed by atoms with Crippen molar-refractivity contribution in [3.8, 4) is 0 Å². The monoisotopic (exact) mass is 211 g/mol. The first-order valence-corrected chi connectivity index (χ1v) is 4.52. The lowest BCUT2D eigenvalue weighted by Gasteiger charge is -2.05. The van der Waals surface area contributed by atoms with Gasteiger partial charge in [-0.1, -0.05) is 48.0 Å². The Balaban J connectivity index is 2.78. The molecule has 0 saturated carbocycles. The van der Waals surface area contributed by atoms with Gasteiger partial charge in [0.15, 0.2) is 0 Å². The molecule has 0 unspecified atom stereocenters. The van der Waals surface area contributed by atoms with Gasteiger partial charge in [0.05, 0.1) is 0 Å². The van der Waals surface area contributed by atoms with E-state index in [-0.39, 0.29) is 0 Å². The summed E-state index contributed by atoms with van der Waals surface area (Å²) in [5.41, 5.74) is 1.37. The van der Waals surface area contributed by atoms with Gasteiger partial charge in [0, 0.05) is 4.47 Å². The van der Waals surface area contributed by atoms with Gasteiger partial charge in [-0.2, -0.15) is 0 Å². The van der Waals surface area contributed by atoms with Crippen molar-refractivity contribution in [3.63, 3.8) is 0 Å². The topological polar surface area (TPSA) is 0 Å². The van der Waals surface area contributed by atoms with Crippen molar-refractivity contribution in [1.82, 2.24) is 0 Å². The van der Waals surface area contributed by atoms with E-state index in [4.69, 9.17) is 0 Å². The third-order valence-electron chi connectivity index (χ3n) is 1.50. The molecule has 1 rings (SSSR count). The predicted octanol–water partition coefficient (Wildman–Crippen LogP) is 3.61. The van der Waals surface area contributed by atoms with E-state index in [1.807, 2.05) is 6.07 Å². The van der Waals surface area contributed by atoms with Gasteiger partial charge in [-0.3, -0.25) is 0 Å². The zero-order valence-corrected chi connectivity index (χ0v) is 8.48. The molecule has 11 heavy (non-hydrogen) atoms. The van der Waals surface area contributed by atoms with Crippen LogP contribution in [0.4, 0.5) is 0 Å². The Kier molecular flexibility index (Phi) is 3.13. The Bertz CT molecular complexity index is 228.